The molecule has 0 aromatic rings. The van der Waals surface area contributed by atoms with Gasteiger partial charge >= 0.3 is 0 Å². The summed E-state index contributed by atoms with van der Waals surface area (Å²) in [5, 5.41) is 0. The molecule has 0 spiro atoms. The van der Waals surface area contributed by atoms with E-state index in [1.165, 1.54) is 32.1 Å². The van der Waals surface area contributed by atoms with Crippen molar-refractivity contribution in [1.29, 1.82) is 0 Å². The zero-order chi connectivity index (χ0) is 10.8. The standard InChI is InChI=1S/C13H23NO/c1-10-6-8-11(9-7-10)13(15)14(2)12-4-3-5-12/h10-12H,3-9H2,1-2H3. The van der Waals surface area contributed by atoms with Gasteiger partial charge in [-0.15, -0.1) is 0 Å². The predicted octanol–water partition coefficient (Wildman–Crippen LogP) is 2.82. The summed E-state index contributed by atoms with van der Waals surface area (Å²) in [6.07, 6.45) is 8.50. The number of rotatable bonds is 2. The molecule has 0 saturated heterocycles. The number of carbonyl (C=O) groups excluding carboxylic acids is 1. The normalized spacial score (nSPS) is 32.1. The third-order valence-electron chi connectivity index (χ3n) is 4.34. The van der Waals surface area contributed by atoms with Crippen molar-refractivity contribution in [2.45, 2.75) is 57.9 Å². The minimum Gasteiger partial charge on any atom is -0.343 e. The molecule has 0 atom stereocenters. The van der Waals surface area contributed by atoms with Crippen LogP contribution >= 0.6 is 0 Å². The summed E-state index contributed by atoms with van der Waals surface area (Å²) in [5.41, 5.74) is 0. The highest BCUT2D eigenvalue weighted by atomic mass is 16.2. The molecular formula is C13H23NO. The number of amides is 1. The molecule has 0 N–H and O–H groups in total. The Morgan fingerprint density at radius 1 is 1.07 bits per heavy atom. The average molecular weight is 209 g/mol. The molecule has 0 heterocycles. The Labute approximate surface area is 93.0 Å². The van der Waals surface area contributed by atoms with Crippen LogP contribution < -0.4 is 0 Å². The van der Waals surface area contributed by atoms with Crippen LogP contribution in [0, 0.1) is 11.8 Å². The fraction of sp³-hybridized carbons (Fsp3) is 0.923. The first-order chi connectivity index (χ1) is 7.18. The van der Waals surface area contributed by atoms with Gasteiger partial charge in [-0.3, -0.25) is 4.79 Å². The summed E-state index contributed by atoms with van der Waals surface area (Å²) in [5.74, 6) is 1.60. The highest BCUT2D eigenvalue weighted by Crippen LogP contribution is 2.31. The van der Waals surface area contributed by atoms with Crippen molar-refractivity contribution in [1.82, 2.24) is 4.90 Å². The minimum absolute atomic E-state index is 0.340. The van der Waals surface area contributed by atoms with Crippen LogP contribution in [-0.4, -0.2) is 23.9 Å². The summed E-state index contributed by atoms with van der Waals surface area (Å²) in [7, 11) is 2.00. The van der Waals surface area contributed by atoms with Crippen LogP contribution in [0.4, 0.5) is 0 Å². The zero-order valence-corrected chi connectivity index (χ0v) is 10.0. The summed E-state index contributed by atoms with van der Waals surface area (Å²) < 4.78 is 0. The van der Waals surface area contributed by atoms with Crippen LogP contribution in [0.1, 0.15) is 51.9 Å². The molecule has 2 fully saturated rings. The number of hydrogen-bond donors (Lipinski definition) is 0. The summed E-state index contributed by atoms with van der Waals surface area (Å²) in [6.45, 7) is 2.30. The van der Waals surface area contributed by atoms with Crippen molar-refractivity contribution in [2.75, 3.05) is 7.05 Å². The molecule has 2 aliphatic rings. The lowest BCUT2D eigenvalue weighted by Gasteiger charge is -2.38. The van der Waals surface area contributed by atoms with Gasteiger partial charge < -0.3 is 4.90 Å². The van der Waals surface area contributed by atoms with E-state index in [2.05, 4.69) is 6.92 Å². The van der Waals surface area contributed by atoms with Gasteiger partial charge in [0.05, 0.1) is 0 Å². The molecule has 0 aliphatic heterocycles. The lowest BCUT2D eigenvalue weighted by molar-refractivity contribution is -0.139. The van der Waals surface area contributed by atoms with E-state index >= 15 is 0 Å². The number of carbonyl (C=O) groups is 1. The van der Waals surface area contributed by atoms with E-state index in [9.17, 15) is 4.79 Å². The van der Waals surface area contributed by atoms with E-state index in [-0.39, 0.29) is 0 Å². The monoisotopic (exact) mass is 209 g/mol. The first kappa shape index (κ1) is 11.0. The maximum atomic E-state index is 12.2. The van der Waals surface area contributed by atoms with E-state index in [1.807, 2.05) is 11.9 Å². The van der Waals surface area contributed by atoms with Crippen molar-refractivity contribution in [3.63, 3.8) is 0 Å². The predicted molar refractivity (Wildman–Crippen MR) is 61.5 cm³/mol. The summed E-state index contributed by atoms with van der Waals surface area (Å²) in [6, 6.07) is 0.567. The molecule has 0 unspecified atom stereocenters. The Morgan fingerprint density at radius 2 is 1.67 bits per heavy atom. The lowest BCUT2D eigenvalue weighted by Crippen LogP contribution is -2.44. The van der Waals surface area contributed by atoms with E-state index in [4.69, 9.17) is 0 Å². The number of nitrogens with zero attached hydrogens (tertiary/aromatic N) is 1. The second kappa shape index (κ2) is 4.54. The summed E-state index contributed by atoms with van der Waals surface area (Å²) >= 11 is 0. The van der Waals surface area contributed by atoms with Crippen LogP contribution in [0.25, 0.3) is 0 Å². The molecule has 2 saturated carbocycles. The molecule has 0 radical (unpaired) electrons. The van der Waals surface area contributed by atoms with E-state index in [0.717, 1.165) is 18.8 Å². The Bertz CT molecular complexity index is 227. The molecule has 2 nitrogen and oxygen atoms in total. The fourth-order valence-corrected chi connectivity index (χ4v) is 2.75. The SMILES string of the molecule is CC1CCC(C(=O)N(C)C2CCC2)CC1. The Hall–Kier alpha value is -0.530. The van der Waals surface area contributed by atoms with Gasteiger partial charge in [0.1, 0.15) is 0 Å². The van der Waals surface area contributed by atoms with E-state index in [1.54, 1.807) is 0 Å². The van der Waals surface area contributed by atoms with E-state index < -0.39 is 0 Å². The van der Waals surface area contributed by atoms with Gasteiger partial charge in [0.25, 0.3) is 0 Å². The number of hydrogen-bond acceptors (Lipinski definition) is 1. The Balaban J connectivity index is 1.84. The molecule has 2 heteroatoms. The molecule has 2 aliphatic carbocycles. The maximum Gasteiger partial charge on any atom is 0.225 e. The highest BCUT2D eigenvalue weighted by molar-refractivity contribution is 5.79. The van der Waals surface area contributed by atoms with Gasteiger partial charge in [0.15, 0.2) is 0 Å². The van der Waals surface area contributed by atoms with Crippen LogP contribution in [0.5, 0.6) is 0 Å². The molecule has 0 aromatic heterocycles. The minimum atomic E-state index is 0.340. The summed E-state index contributed by atoms with van der Waals surface area (Å²) in [4.78, 5) is 14.2. The van der Waals surface area contributed by atoms with Gasteiger partial charge in [0.2, 0.25) is 5.91 Å². The molecule has 86 valence electrons. The maximum absolute atomic E-state index is 12.2. The van der Waals surface area contributed by atoms with Gasteiger partial charge in [-0.05, 0) is 50.9 Å². The molecule has 0 bridgehead atoms. The second-order valence-corrected chi connectivity index (χ2v) is 5.49. The largest absolute Gasteiger partial charge is 0.343 e. The fourth-order valence-electron chi connectivity index (χ4n) is 2.75. The quantitative estimate of drug-likeness (QED) is 0.685. The first-order valence-electron chi connectivity index (χ1n) is 6.45. The van der Waals surface area contributed by atoms with Crippen molar-refractivity contribution in [2.24, 2.45) is 11.8 Å². The smallest absolute Gasteiger partial charge is 0.225 e. The van der Waals surface area contributed by atoms with Crippen molar-refractivity contribution in [3.8, 4) is 0 Å². The van der Waals surface area contributed by atoms with Gasteiger partial charge in [-0.1, -0.05) is 6.92 Å². The molecule has 0 aromatic carbocycles. The molecule has 1 amide bonds. The van der Waals surface area contributed by atoms with Gasteiger partial charge in [-0.25, -0.2) is 0 Å². The topological polar surface area (TPSA) is 20.3 Å². The molecule has 15 heavy (non-hydrogen) atoms. The third-order valence-corrected chi connectivity index (χ3v) is 4.34. The van der Waals surface area contributed by atoms with Gasteiger partial charge in [-0.2, -0.15) is 0 Å². The zero-order valence-electron chi connectivity index (χ0n) is 10.0. The Morgan fingerprint density at radius 3 is 2.13 bits per heavy atom. The molecule has 2 rings (SSSR count). The van der Waals surface area contributed by atoms with Gasteiger partial charge in [0, 0.05) is 19.0 Å². The van der Waals surface area contributed by atoms with Crippen LogP contribution in [0.2, 0.25) is 0 Å². The highest BCUT2D eigenvalue weighted by Gasteiger charge is 2.31. The average Bonchev–Trinajstić information content (AvgIpc) is 2.15. The van der Waals surface area contributed by atoms with Crippen LogP contribution in [0.15, 0.2) is 0 Å². The van der Waals surface area contributed by atoms with Crippen molar-refractivity contribution < 1.29 is 4.79 Å². The van der Waals surface area contributed by atoms with Crippen LogP contribution in [-0.2, 0) is 4.79 Å². The van der Waals surface area contributed by atoms with E-state index in [0.29, 0.717) is 17.9 Å². The first-order valence-corrected chi connectivity index (χ1v) is 6.45. The molecular weight excluding hydrogens is 186 g/mol. The Kier molecular flexibility index (Phi) is 3.32. The van der Waals surface area contributed by atoms with Crippen LogP contribution in [0.3, 0.4) is 0 Å². The third kappa shape index (κ3) is 2.35. The van der Waals surface area contributed by atoms with Crippen molar-refractivity contribution >= 4 is 5.91 Å². The second-order valence-electron chi connectivity index (χ2n) is 5.49. The van der Waals surface area contributed by atoms with Crippen molar-refractivity contribution in [3.05, 3.63) is 0 Å². The lowest BCUT2D eigenvalue weighted by atomic mass is 9.81.